The zero-order valence-corrected chi connectivity index (χ0v) is 12.7. The van der Waals surface area contributed by atoms with Gasteiger partial charge < -0.3 is 15.8 Å². The predicted molar refractivity (Wildman–Crippen MR) is 84.7 cm³/mol. The van der Waals surface area contributed by atoms with E-state index in [-0.39, 0.29) is 5.91 Å². The van der Waals surface area contributed by atoms with E-state index >= 15 is 0 Å². The lowest BCUT2D eigenvalue weighted by Gasteiger charge is -2.08. The topological polar surface area (TPSA) is 77.2 Å². The molecule has 1 aromatic carbocycles. The molecule has 0 fully saturated rings. The molecular weight excluding hydrogens is 286 g/mol. The van der Waals surface area contributed by atoms with E-state index < -0.39 is 0 Å². The number of pyridine rings is 1. The summed E-state index contributed by atoms with van der Waals surface area (Å²) >= 11 is 1.50. The first-order valence-electron chi connectivity index (χ1n) is 6.53. The molecular formula is C15H17N3O2S. The third kappa shape index (κ3) is 4.39. The van der Waals surface area contributed by atoms with Crippen LogP contribution in [0.3, 0.4) is 0 Å². The van der Waals surface area contributed by atoms with E-state index in [0.29, 0.717) is 18.2 Å². The summed E-state index contributed by atoms with van der Waals surface area (Å²) < 4.78 is 5.38. The highest BCUT2D eigenvalue weighted by atomic mass is 32.2. The fraction of sp³-hybridized carbons (Fsp3) is 0.200. The second kappa shape index (κ2) is 6.99. The van der Waals surface area contributed by atoms with Gasteiger partial charge in [0.1, 0.15) is 5.03 Å². The van der Waals surface area contributed by atoms with Gasteiger partial charge in [-0.2, -0.15) is 0 Å². The molecule has 0 spiro atoms. The van der Waals surface area contributed by atoms with Crippen LogP contribution in [0.5, 0.6) is 5.88 Å². The number of hydrogen-bond acceptors (Lipinski definition) is 5. The van der Waals surface area contributed by atoms with Gasteiger partial charge in [0.2, 0.25) is 11.8 Å². The second-order valence-corrected chi connectivity index (χ2v) is 5.38. The molecule has 1 amide bonds. The van der Waals surface area contributed by atoms with Gasteiger partial charge >= 0.3 is 0 Å². The van der Waals surface area contributed by atoms with Crippen molar-refractivity contribution in [2.45, 2.75) is 23.8 Å². The fourth-order valence-corrected chi connectivity index (χ4v) is 2.45. The molecule has 1 aromatic heterocycles. The van der Waals surface area contributed by atoms with Gasteiger partial charge in [-0.1, -0.05) is 11.8 Å². The van der Waals surface area contributed by atoms with Crippen molar-refractivity contribution in [1.82, 2.24) is 4.98 Å². The van der Waals surface area contributed by atoms with E-state index in [1.54, 1.807) is 6.07 Å². The largest absolute Gasteiger partial charge is 0.476 e. The van der Waals surface area contributed by atoms with Gasteiger partial charge in [-0.25, -0.2) is 4.98 Å². The van der Waals surface area contributed by atoms with Crippen molar-refractivity contribution in [2.75, 3.05) is 17.7 Å². The zero-order valence-electron chi connectivity index (χ0n) is 11.9. The average molecular weight is 303 g/mol. The lowest BCUT2D eigenvalue weighted by molar-refractivity contribution is -0.114. The number of rotatable bonds is 5. The highest BCUT2D eigenvalue weighted by molar-refractivity contribution is 7.99. The fourth-order valence-electron chi connectivity index (χ4n) is 1.67. The number of benzene rings is 1. The van der Waals surface area contributed by atoms with E-state index in [1.165, 1.54) is 18.7 Å². The molecule has 1 heterocycles. The monoisotopic (exact) mass is 303 g/mol. The Morgan fingerprint density at radius 2 is 2.00 bits per heavy atom. The number of aromatic nitrogens is 1. The van der Waals surface area contributed by atoms with Crippen molar-refractivity contribution < 1.29 is 9.53 Å². The summed E-state index contributed by atoms with van der Waals surface area (Å²) in [6.45, 7) is 3.90. The van der Waals surface area contributed by atoms with Gasteiger partial charge in [0, 0.05) is 17.5 Å². The van der Waals surface area contributed by atoms with Crippen molar-refractivity contribution in [3.05, 3.63) is 36.4 Å². The number of ether oxygens (including phenoxy) is 1. The van der Waals surface area contributed by atoms with Crippen LogP contribution in [0.25, 0.3) is 0 Å². The Morgan fingerprint density at radius 1 is 1.29 bits per heavy atom. The molecule has 0 unspecified atom stereocenters. The molecule has 0 aliphatic rings. The van der Waals surface area contributed by atoms with Crippen LogP contribution < -0.4 is 15.8 Å². The number of nitrogens with two attached hydrogens (primary N) is 1. The maximum atomic E-state index is 11.0. The molecule has 0 bridgehead atoms. The third-order valence-corrected chi connectivity index (χ3v) is 3.49. The van der Waals surface area contributed by atoms with Crippen LogP contribution in [0, 0.1) is 0 Å². The average Bonchev–Trinajstić information content (AvgIpc) is 2.44. The first-order valence-corrected chi connectivity index (χ1v) is 7.35. The van der Waals surface area contributed by atoms with Gasteiger partial charge in [0.25, 0.3) is 0 Å². The Bertz CT molecular complexity index is 629. The smallest absolute Gasteiger partial charge is 0.238 e. The Morgan fingerprint density at radius 3 is 2.62 bits per heavy atom. The molecule has 3 N–H and O–H groups in total. The van der Waals surface area contributed by atoms with Crippen molar-refractivity contribution in [1.29, 1.82) is 0 Å². The predicted octanol–water partition coefficient (Wildman–Crippen LogP) is 3.17. The normalized spacial score (nSPS) is 10.2. The Labute approximate surface area is 127 Å². The van der Waals surface area contributed by atoms with Gasteiger partial charge in [0.15, 0.2) is 0 Å². The number of amides is 1. The number of anilines is 2. The summed E-state index contributed by atoms with van der Waals surface area (Å²) in [6, 6.07) is 11.2. The van der Waals surface area contributed by atoms with Crippen LogP contribution in [-0.4, -0.2) is 17.5 Å². The number of hydrogen-bond donors (Lipinski definition) is 2. The number of carbonyl (C=O) groups excluding carboxylic acids is 1. The van der Waals surface area contributed by atoms with Gasteiger partial charge in [-0.3, -0.25) is 4.79 Å². The summed E-state index contributed by atoms with van der Waals surface area (Å²) in [5.74, 6) is 0.370. The molecule has 0 radical (unpaired) electrons. The molecule has 110 valence electrons. The quantitative estimate of drug-likeness (QED) is 0.887. The maximum absolute atomic E-state index is 11.0. The minimum Gasteiger partial charge on any atom is -0.476 e. The van der Waals surface area contributed by atoms with Crippen molar-refractivity contribution >= 4 is 29.0 Å². The molecule has 0 atom stereocenters. The SMILES string of the molecule is CCOc1nc(Sc2ccc(NC(C)=O)cc2)ccc1N. The summed E-state index contributed by atoms with van der Waals surface area (Å²) in [5.41, 5.74) is 7.10. The molecule has 21 heavy (non-hydrogen) atoms. The minimum absolute atomic E-state index is 0.0861. The molecule has 0 aliphatic carbocycles. The van der Waals surface area contributed by atoms with Gasteiger partial charge in [0.05, 0.1) is 12.3 Å². The highest BCUT2D eigenvalue weighted by Crippen LogP contribution is 2.30. The maximum Gasteiger partial charge on any atom is 0.238 e. The van der Waals surface area contributed by atoms with Crippen LogP contribution >= 0.6 is 11.8 Å². The molecule has 6 heteroatoms. The molecule has 0 aliphatic heterocycles. The van der Waals surface area contributed by atoms with Crippen molar-refractivity contribution in [2.24, 2.45) is 0 Å². The van der Waals surface area contributed by atoms with Crippen LogP contribution in [-0.2, 0) is 4.79 Å². The lowest BCUT2D eigenvalue weighted by atomic mass is 10.3. The number of nitrogens with one attached hydrogen (secondary N) is 1. The Balaban J connectivity index is 2.10. The van der Waals surface area contributed by atoms with Crippen LogP contribution in [0.2, 0.25) is 0 Å². The summed E-state index contributed by atoms with van der Waals surface area (Å²) in [4.78, 5) is 16.4. The first-order chi connectivity index (χ1) is 10.1. The molecule has 5 nitrogen and oxygen atoms in total. The summed E-state index contributed by atoms with van der Waals surface area (Å²) in [5, 5.41) is 3.53. The second-order valence-electron chi connectivity index (χ2n) is 4.28. The van der Waals surface area contributed by atoms with E-state index in [1.807, 2.05) is 37.3 Å². The van der Waals surface area contributed by atoms with E-state index in [4.69, 9.17) is 10.5 Å². The summed E-state index contributed by atoms with van der Waals surface area (Å²) in [6.07, 6.45) is 0. The Kier molecular flexibility index (Phi) is 5.05. The van der Waals surface area contributed by atoms with E-state index in [0.717, 1.165) is 15.6 Å². The summed E-state index contributed by atoms with van der Waals surface area (Å²) in [7, 11) is 0. The van der Waals surface area contributed by atoms with Gasteiger partial charge in [-0.05, 0) is 43.3 Å². The zero-order chi connectivity index (χ0) is 15.2. The van der Waals surface area contributed by atoms with Crippen molar-refractivity contribution in [3.8, 4) is 5.88 Å². The third-order valence-electron chi connectivity index (χ3n) is 2.54. The number of nitrogen functional groups attached to an aromatic ring is 1. The van der Waals surface area contributed by atoms with E-state index in [2.05, 4.69) is 10.3 Å². The van der Waals surface area contributed by atoms with Crippen LogP contribution in [0.15, 0.2) is 46.3 Å². The Hall–Kier alpha value is -2.21. The molecule has 0 saturated carbocycles. The number of nitrogens with zero attached hydrogens (tertiary/aromatic N) is 1. The molecule has 0 saturated heterocycles. The number of carbonyl (C=O) groups is 1. The standard InChI is InChI=1S/C15H17N3O2S/c1-3-20-15-13(16)8-9-14(18-15)21-12-6-4-11(5-7-12)17-10(2)19/h4-9H,3,16H2,1-2H3,(H,17,19). The molecule has 2 rings (SSSR count). The molecule has 2 aromatic rings. The van der Waals surface area contributed by atoms with Crippen molar-refractivity contribution in [3.63, 3.8) is 0 Å². The van der Waals surface area contributed by atoms with Crippen LogP contribution in [0.1, 0.15) is 13.8 Å². The van der Waals surface area contributed by atoms with Crippen LogP contribution in [0.4, 0.5) is 11.4 Å². The lowest BCUT2D eigenvalue weighted by Crippen LogP contribution is -2.05. The van der Waals surface area contributed by atoms with Gasteiger partial charge in [-0.15, -0.1) is 0 Å². The highest BCUT2D eigenvalue weighted by Gasteiger charge is 2.06. The first kappa shape index (κ1) is 15.2. The van der Waals surface area contributed by atoms with E-state index in [9.17, 15) is 4.79 Å². The minimum atomic E-state index is -0.0861.